The molecule has 3 saturated heterocycles. The van der Waals surface area contributed by atoms with Gasteiger partial charge in [0.1, 0.15) is 18.2 Å². The summed E-state index contributed by atoms with van der Waals surface area (Å²) in [4.78, 5) is 29.4. The lowest BCUT2D eigenvalue weighted by Crippen LogP contribution is -2.50. The van der Waals surface area contributed by atoms with E-state index in [1.54, 1.807) is 43.6 Å². The Balaban J connectivity index is 1.23. The Kier molecular flexibility index (Phi) is 7.29. The van der Waals surface area contributed by atoms with Crippen LogP contribution in [-0.4, -0.2) is 83.7 Å². The summed E-state index contributed by atoms with van der Waals surface area (Å²) in [5, 5.41) is 9.24. The molecule has 2 amide bonds. The highest BCUT2D eigenvalue weighted by Gasteiger charge is 2.56. The topological polar surface area (TPSA) is 101 Å². The van der Waals surface area contributed by atoms with E-state index in [9.17, 15) is 14.8 Å². The molecule has 3 atom stereocenters. The van der Waals surface area contributed by atoms with Gasteiger partial charge in [-0.2, -0.15) is 0 Å². The summed E-state index contributed by atoms with van der Waals surface area (Å²) in [6.07, 6.45) is -1.11. The van der Waals surface area contributed by atoms with Crippen LogP contribution in [0.4, 0.5) is 0 Å². The quantitative estimate of drug-likeness (QED) is 0.371. The van der Waals surface area contributed by atoms with Crippen molar-refractivity contribution in [3.63, 3.8) is 0 Å². The monoisotopic (exact) mass is 505 g/mol. The Hall–Kier alpha value is -3.26. The second kappa shape index (κ2) is 10.6. The lowest BCUT2D eigenvalue weighted by atomic mass is 10.1. The largest absolute Gasteiger partial charge is 0.379 e. The van der Waals surface area contributed by atoms with Gasteiger partial charge in [0.2, 0.25) is 0 Å². The zero-order chi connectivity index (χ0) is 26.0. The fourth-order valence-corrected chi connectivity index (χ4v) is 5.04. The van der Waals surface area contributed by atoms with Crippen molar-refractivity contribution in [1.82, 2.24) is 15.3 Å². The van der Waals surface area contributed by atoms with Gasteiger partial charge in [-0.05, 0) is 55.8 Å². The minimum atomic E-state index is -0.991. The molecule has 3 aliphatic heterocycles. The van der Waals surface area contributed by atoms with Crippen LogP contribution >= 0.6 is 0 Å². The fourth-order valence-electron chi connectivity index (χ4n) is 5.04. The molecule has 194 valence electrons. The van der Waals surface area contributed by atoms with Gasteiger partial charge < -0.3 is 19.1 Å². The summed E-state index contributed by atoms with van der Waals surface area (Å²) in [5.41, 5.74) is 4.99. The number of nitrogens with one attached hydrogen (secondary N) is 1. The van der Waals surface area contributed by atoms with Crippen molar-refractivity contribution in [2.45, 2.75) is 44.4 Å². The van der Waals surface area contributed by atoms with Crippen LogP contribution in [0, 0.1) is 11.8 Å². The van der Waals surface area contributed by atoms with Crippen molar-refractivity contribution < 1.29 is 29.0 Å². The molecule has 0 bridgehead atoms. The molecule has 5 rings (SSSR count). The van der Waals surface area contributed by atoms with Gasteiger partial charge in [0.05, 0.1) is 19.8 Å². The molecule has 0 radical (unpaired) electrons. The molecule has 3 fully saturated rings. The minimum Gasteiger partial charge on any atom is -0.379 e. The summed E-state index contributed by atoms with van der Waals surface area (Å²) in [7, 11) is 0. The van der Waals surface area contributed by atoms with E-state index in [1.165, 1.54) is 10.5 Å². The van der Waals surface area contributed by atoms with Gasteiger partial charge in [-0.25, -0.2) is 5.48 Å². The molecule has 9 nitrogen and oxygen atoms in total. The summed E-state index contributed by atoms with van der Waals surface area (Å²) in [6, 6.07) is 14.2. The van der Waals surface area contributed by atoms with E-state index in [2.05, 4.69) is 28.9 Å². The first-order chi connectivity index (χ1) is 17.8. The molecule has 0 unspecified atom stereocenters. The second-order valence-electron chi connectivity index (χ2n) is 9.93. The Morgan fingerprint density at radius 2 is 1.62 bits per heavy atom. The number of amides is 2. The van der Waals surface area contributed by atoms with Gasteiger partial charge in [-0.1, -0.05) is 24.0 Å². The number of hydrogen-bond donors (Lipinski definition) is 2. The number of hydroxylamine groups is 1. The Labute approximate surface area is 216 Å². The fraction of sp³-hybridized carbons (Fsp3) is 0.429. The van der Waals surface area contributed by atoms with Crippen molar-refractivity contribution in [2.24, 2.45) is 0 Å². The predicted octanol–water partition coefficient (Wildman–Crippen LogP) is 1.77. The van der Waals surface area contributed by atoms with Gasteiger partial charge in [-0.3, -0.25) is 19.7 Å². The molecule has 2 aromatic rings. The molecule has 9 heteroatoms. The van der Waals surface area contributed by atoms with Crippen LogP contribution in [-0.2, 0) is 25.5 Å². The Morgan fingerprint density at radius 3 is 2.24 bits per heavy atom. The number of rotatable bonds is 4. The Bertz CT molecular complexity index is 1200. The number of ether oxygens (including phenoxy) is 3. The van der Waals surface area contributed by atoms with Gasteiger partial charge in [0.25, 0.3) is 11.8 Å². The maximum absolute atomic E-state index is 13.2. The summed E-state index contributed by atoms with van der Waals surface area (Å²) in [5.74, 6) is 4.39. The number of carbonyl (C=O) groups excluding carboxylic acids is 2. The number of carbonyl (C=O) groups is 2. The van der Waals surface area contributed by atoms with E-state index in [0.717, 1.165) is 44.0 Å². The van der Waals surface area contributed by atoms with Crippen molar-refractivity contribution in [3.8, 4) is 11.8 Å². The van der Waals surface area contributed by atoms with E-state index < -0.39 is 29.9 Å². The standard InChI is InChI=1S/C28H31N3O6/c1-28(2)36-23-18-31(24(25(23)37-28)26(32)29-34)27(33)22-11-9-20(10-12-22)4-3-19-5-7-21(8-6-19)17-30-13-15-35-16-14-30/h5-12,23-25,34H,13-18H2,1-2H3,(H,29,32)/t23-,24-,25-/m1/s1. The highest BCUT2D eigenvalue weighted by Crippen LogP contribution is 2.37. The molecule has 37 heavy (non-hydrogen) atoms. The summed E-state index contributed by atoms with van der Waals surface area (Å²) < 4.78 is 17.1. The smallest absolute Gasteiger partial charge is 0.268 e. The maximum Gasteiger partial charge on any atom is 0.268 e. The molecule has 2 N–H and O–H groups in total. The average molecular weight is 506 g/mol. The number of likely N-dealkylation sites (tertiary alicyclic amines) is 1. The molecular weight excluding hydrogens is 474 g/mol. The van der Waals surface area contributed by atoms with E-state index in [1.807, 2.05) is 12.1 Å². The van der Waals surface area contributed by atoms with Gasteiger partial charge in [0.15, 0.2) is 5.79 Å². The molecule has 3 aliphatic rings. The molecule has 0 aliphatic carbocycles. The zero-order valence-electron chi connectivity index (χ0n) is 21.0. The average Bonchev–Trinajstić information content (AvgIpc) is 3.40. The number of nitrogens with zero attached hydrogens (tertiary/aromatic N) is 2. The van der Waals surface area contributed by atoms with Crippen LogP contribution in [0.25, 0.3) is 0 Å². The minimum absolute atomic E-state index is 0.189. The van der Waals surface area contributed by atoms with Crippen LogP contribution < -0.4 is 5.48 Å². The van der Waals surface area contributed by atoms with E-state index in [0.29, 0.717) is 5.56 Å². The predicted molar refractivity (Wildman–Crippen MR) is 134 cm³/mol. The van der Waals surface area contributed by atoms with E-state index in [-0.39, 0.29) is 12.5 Å². The molecule has 0 saturated carbocycles. The van der Waals surface area contributed by atoms with Crippen LogP contribution in [0.2, 0.25) is 0 Å². The van der Waals surface area contributed by atoms with Gasteiger partial charge in [0, 0.05) is 36.3 Å². The lowest BCUT2D eigenvalue weighted by molar-refractivity contribution is -0.164. The number of benzene rings is 2. The van der Waals surface area contributed by atoms with Crippen LogP contribution in [0.5, 0.6) is 0 Å². The third-order valence-electron chi connectivity index (χ3n) is 6.83. The van der Waals surface area contributed by atoms with Crippen molar-refractivity contribution in [3.05, 3.63) is 70.8 Å². The number of fused-ring (bicyclic) bond motifs is 1. The second-order valence-corrected chi connectivity index (χ2v) is 9.93. The van der Waals surface area contributed by atoms with Crippen LogP contribution in [0.15, 0.2) is 48.5 Å². The van der Waals surface area contributed by atoms with Gasteiger partial charge >= 0.3 is 0 Å². The number of hydrogen-bond acceptors (Lipinski definition) is 7. The SMILES string of the molecule is CC1(C)O[C@@H]2[C@@H](CN(C(=O)c3ccc(C#Cc4ccc(CN5CCOCC5)cc4)cc3)[C@H]2C(=O)NO)O1. The summed E-state index contributed by atoms with van der Waals surface area (Å²) in [6.45, 7) is 8.08. The van der Waals surface area contributed by atoms with E-state index in [4.69, 9.17) is 14.2 Å². The molecular formula is C28H31N3O6. The zero-order valence-corrected chi connectivity index (χ0v) is 21.0. The molecule has 0 aromatic heterocycles. The first-order valence-corrected chi connectivity index (χ1v) is 12.4. The van der Waals surface area contributed by atoms with Crippen LogP contribution in [0.1, 0.15) is 40.9 Å². The molecule has 0 spiro atoms. The Morgan fingerprint density at radius 1 is 1.00 bits per heavy atom. The lowest BCUT2D eigenvalue weighted by Gasteiger charge is -2.28. The van der Waals surface area contributed by atoms with Crippen molar-refractivity contribution in [2.75, 3.05) is 32.8 Å². The molecule has 2 aromatic carbocycles. The van der Waals surface area contributed by atoms with Crippen molar-refractivity contribution >= 4 is 11.8 Å². The third-order valence-corrected chi connectivity index (χ3v) is 6.83. The normalized spacial score (nSPS) is 24.7. The summed E-state index contributed by atoms with van der Waals surface area (Å²) >= 11 is 0. The first kappa shape index (κ1) is 25.4. The van der Waals surface area contributed by atoms with E-state index >= 15 is 0 Å². The number of morpholine rings is 1. The van der Waals surface area contributed by atoms with Gasteiger partial charge in [-0.15, -0.1) is 0 Å². The highest BCUT2D eigenvalue weighted by atomic mass is 16.8. The molecule has 3 heterocycles. The maximum atomic E-state index is 13.2. The highest BCUT2D eigenvalue weighted by molar-refractivity contribution is 5.98. The third kappa shape index (κ3) is 5.69. The first-order valence-electron chi connectivity index (χ1n) is 12.4. The van der Waals surface area contributed by atoms with Crippen LogP contribution in [0.3, 0.4) is 0 Å². The van der Waals surface area contributed by atoms with Crippen molar-refractivity contribution in [1.29, 1.82) is 0 Å².